The number of nitro groups is 1. The van der Waals surface area contributed by atoms with Crippen molar-refractivity contribution in [1.29, 1.82) is 0 Å². The fourth-order valence-corrected chi connectivity index (χ4v) is 2.23. The number of hydrogen-bond acceptors (Lipinski definition) is 3. The molecule has 0 N–H and O–H groups in total. The van der Waals surface area contributed by atoms with Gasteiger partial charge in [0.2, 0.25) is 0 Å². The van der Waals surface area contributed by atoms with Crippen LogP contribution in [0.25, 0.3) is 0 Å². The van der Waals surface area contributed by atoms with E-state index >= 15 is 0 Å². The molecule has 1 rings (SSSR count). The molecule has 0 aliphatic rings. The first-order valence-electron chi connectivity index (χ1n) is 5.33. The molecule has 6 heteroatoms. The number of pyridine rings is 1. The Hall–Kier alpha value is -0.870. The molecule has 17 heavy (non-hydrogen) atoms. The molecular weight excluding hydrogens is 263 g/mol. The number of hydrogen-bond donors (Lipinski definition) is 0. The minimum Gasteiger partial charge on any atom is -0.258 e. The van der Waals surface area contributed by atoms with Crippen molar-refractivity contribution in [3.8, 4) is 0 Å². The summed E-state index contributed by atoms with van der Waals surface area (Å²) in [5.41, 5.74) is 0.326. The van der Waals surface area contributed by atoms with Gasteiger partial charge in [-0.3, -0.25) is 15.1 Å². The molecule has 0 aliphatic heterocycles. The highest BCUT2D eigenvalue weighted by molar-refractivity contribution is 6.30. The van der Waals surface area contributed by atoms with Gasteiger partial charge in [-0.1, -0.05) is 25.4 Å². The van der Waals surface area contributed by atoms with Crippen molar-refractivity contribution in [1.82, 2.24) is 4.98 Å². The Kier molecular flexibility index (Phi) is 5.15. The van der Waals surface area contributed by atoms with Crippen molar-refractivity contribution < 1.29 is 4.92 Å². The van der Waals surface area contributed by atoms with E-state index in [4.69, 9.17) is 23.2 Å². The molecule has 0 amide bonds. The van der Waals surface area contributed by atoms with Crippen molar-refractivity contribution in [2.75, 3.05) is 0 Å². The first-order valence-corrected chi connectivity index (χ1v) is 6.14. The van der Waals surface area contributed by atoms with Crippen LogP contribution in [0.15, 0.2) is 12.3 Å². The predicted molar refractivity (Wildman–Crippen MR) is 68.7 cm³/mol. The molecule has 0 bridgehead atoms. The van der Waals surface area contributed by atoms with Gasteiger partial charge in [0.1, 0.15) is 5.69 Å². The van der Waals surface area contributed by atoms with Gasteiger partial charge in [0.15, 0.2) is 0 Å². The van der Waals surface area contributed by atoms with Gasteiger partial charge >= 0.3 is 0 Å². The zero-order chi connectivity index (χ0) is 13.0. The fraction of sp³-hybridized carbons (Fsp3) is 0.545. The van der Waals surface area contributed by atoms with Crippen LogP contribution in [0.5, 0.6) is 0 Å². The molecule has 0 saturated heterocycles. The summed E-state index contributed by atoms with van der Waals surface area (Å²) in [4.78, 5) is 14.4. The second-order valence-corrected chi connectivity index (χ2v) is 5.36. The summed E-state index contributed by atoms with van der Waals surface area (Å²) in [6.45, 7) is 4.11. The van der Waals surface area contributed by atoms with Crippen LogP contribution in [0.2, 0.25) is 5.02 Å². The normalized spacial score (nSPS) is 12.8. The van der Waals surface area contributed by atoms with E-state index in [1.807, 2.05) is 0 Å². The minimum absolute atomic E-state index is 0.0630. The summed E-state index contributed by atoms with van der Waals surface area (Å²) in [6, 6.07) is 1.31. The second-order valence-electron chi connectivity index (χ2n) is 4.31. The quantitative estimate of drug-likeness (QED) is 0.466. The van der Waals surface area contributed by atoms with Crippen molar-refractivity contribution >= 4 is 28.9 Å². The van der Waals surface area contributed by atoms with Crippen LogP contribution in [0, 0.1) is 16.0 Å². The van der Waals surface area contributed by atoms with E-state index in [2.05, 4.69) is 18.8 Å². The smallest absolute Gasteiger partial charge is 0.258 e. The Morgan fingerprint density at radius 1 is 1.53 bits per heavy atom. The molecule has 1 aromatic heterocycles. The van der Waals surface area contributed by atoms with Crippen molar-refractivity contribution in [3.63, 3.8) is 0 Å². The largest absolute Gasteiger partial charge is 0.292 e. The summed E-state index contributed by atoms with van der Waals surface area (Å²) in [7, 11) is 0. The van der Waals surface area contributed by atoms with Gasteiger partial charge in [-0.25, -0.2) is 0 Å². The van der Waals surface area contributed by atoms with Crippen LogP contribution in [0.3, 0.4) is 0 Å². The Balaban J connectivity index is 2.86. The van der Waals surface area contributed by atoms with Crippen LogP contribution in [0.1, 0.15) is 26.0 Å². The number of alkyl halides is 1. The maximum atomic E-state index is 10.8. The van der Waals surface area contributed by atoms with Crippen LogP contribution in [0.4, 0.5) is 5.69 Å². The first kappa shape index (κ1) is 14.2. The van der Waals surface area contributed by atoms with Crippen LogP contribution in [-0.2, 0) is 6.42 Å². The standard InChI is InChI=1S/C11H14Cl2N2O2/c1-7(2)3-8(12)4-10-11(15(16)17)5-9(13)6-14-10/h5-8H,3-4H2,1-2H3. The number of nitrogens with zero attached hydrogens (tertiary/aromatic N) is 2. The zero-order valence-corrected chi connectivity index (χ0v) is 11.2. The van der Waals surface area contributed by atoms with E-state index in [-0.39, 0.29) is 16.1 Å². The molecule has 1 unspecified atom stereocenters. The summed E-state index contributed by atoms with van der Waals surface area (Å²) < 4.78 is 0. The number of rotatable bonds is 5. The molecule has 0 aromatic carbocycles. The third kappa shape index (κ3) is 4.48. The number of halogens is 2. The third-order valence-corrected chi connectivity index (χ3v) is 2.79. The zero-order valence-electron chi connectivity index (χ0n) is 9.69. The summed E-state index contributed by atoms with van der Waals surface area (Å²) in [5, 5.41) is 11.0. The molecule has 1 aromatic rings. The minimum atomic E-state index is -0.479. The molecule has 0 aliphatic carbocycles. The molecule has 0 saturated carbocycles. The molecule has 4 nitrogen and oxygen atoms in total. The lowest BCUT2D eigenvalue weighted by atomic mass is 10.0. The summed E-state index contributed by atoms with van der Waals surface area (Å²) in [5.74, 6) is 0.448. The molecule has 0 fully saturated rings. The molecule has 94 valence electrons. The van der Waals surface area contributed by atoms with Gasteiger partial charge in [-0.15, -0.1) is 11.6 Å². The van der Waals surface area contributed by atoms with Gasteiger partial charge in [-0.2, -0.15) is 0 Å². The average molecular weight is 277 g/mol. The van der Waals surface area contributed by atoms with E-state index in [1.165, 1.54) is 12.3 Å². The van der Waals surface area contributed by atoms with E-state index in [0.717, 1.165) is 6.42 Å². The monoisotopic (exact) mass is 276 g/mol. The molecule has 0 spiro atoms. The van der Waals surface area contributed by atoms with E-state index < -0.39 is 4.92 Å². The SMILES string of the molecule is CC(C)CC(Cl)Cc1ncc(Cl)cc1[N+](=O)[O-]. The lowest BCUT2D eigenvalue weighted by Crippen LogP contribution is -2.10. The Labute approximate surface area is 110 Å². The summed E-state index contributed by atoms with van der Waals surface area (Å²) >= 11 is 11.8. The van der Waals surface area contributed by atoms with Crippen molar-refractivity contribution in [2.24, 2.45) is 5.92 Å². The van der Waals surface area contributed by atoms with Gasteiger partial charge in [-0.05, 0) is 12.3 Å². The van der Waals surface area contributed by atoms with Gasteiger partial charge in [0, 0.05) is 24.1 Å². The lowest BCUT2D eigenvalue weighted by molar-refractivity contribution is -0.385. The van der Waals surface area contributed by atoms with Crippen molar-refractivity contribution in [2.45, 2.75) is 32.1 Å². The Morgan fingerprint density at radius 2 is 2.18 bits per heavy atom. The van der Waals surface area contributed by atoms with E-state index in [9.17, 15) is 10.1 Å². The topological polar surface area (TPSA) is 56.0 Å². The first-order chi connectivity index (χ1) is 7.90. The van der Waals surface area contributed by atoms with Crippen molar-refractivity contribution in [3.05, 3.63) is 33.1 Å². The highest BCUT2D eigenvalue weighted by Gasteiger charge is 2.19. The van der Waals surface area contributed by atoms with Gasteiger partial charge in [0.25, 0.3) is 5.69 Å². The van der Waals surface area contributed by atoms with Crippen LogP contribution >= 0.6 is 23.2 Å². The molecule has 0 radical (unpaired) electrons. The Bertz CT molecular complexity index is 410. The molecular formula is C11H14Cl2N2O2. The van der Waals surface area contributed by atoms with Crippen LogP contribution in [-0.4, -0.2) is 15.3 Å². The molecule has 1 heterocycles. The molecule has 1 atom stereocenters. The van der Waals surface area contributed by atoms with E-state index in [0.29, 0.717) is 18.0 Å². The third-order valence-electron chi connectivity index (χ3n) is 2.25. The second kappa shape index (κ2) is 6.17. The lowest BCUT2D eigenvalue weighted by Gasteiger charge is -2.11. The number of aromatic nitrogens is 1. The van der Waals surface area contributed by atoms with Crippen LogP contribution < -0.4 is 0 Å². The fourth-order valence-electron chi connectivity index (χ4n) is 1.58. The highest BCUT2D eigenvalue weighted by atomic mass is 35.5. The predicted octanol–water partition coefficient (Wildman–Crippen LogP) is 3.84. The van der Waals surface area contributed by atoms with Gasteiger partial charge in [0.05, 0.1) is 9.95 Å². The summed E-state index contributed by atoms with van der Waals surface area (Å²) in [6.07, 6.45) is 2.58. The van der Waals surface area contributed by atoms with Gasteiger partial charge < -0.3 is 0 Å². The van der Waals surface area contributed by atoms with E-state index in [1.54, 1.807) is 0 Å². The maximum Gasteiger partial charge on any atom is 0.292 e. The maximum absolute atomic E-state index is 10.8. The highest BCUT2D eigenvalue weighted by Crippen LogP contribution is 2.24. The average Bonchev–Trinajstić information content (AvgIpc) is 2.19. The Morgan fingerprint density at radius 3 is 2.71 bits per heavy atom.